The number of hydrogen-bond acceptors (Lipinski definition) is 6. The molecule has 7 heteroatoms. The summed E-state index contributed by atoms with van der Waals surface area (Å²) in [5, 5.41) is 10.00. The first-order chi connectivity index (χ1) is 16.0. The number of pyridine rings is 1. The van der Waals surface area contributed by atoms with Gasteiger partial charge in [-0.15, -0.1) is 0 Å². The van der Waals surface area contributed by atoms with Gasteiger partial charge in [-0.1, -0.05) is 31.7 Å². The quantitative estimate of drug-likeness (QED) is 0.622. The van der Waals surface area contributed by atoms with E-state index in [4.69, 9.17) is 10.5 Å². The first-order valence-corrected chi connectivity index (χ1v) is 10.7. The zero-order valence-electron chi connectivity index (χ0n) is 19.0. The fourth-order valence-electron chi connectivity index (χ4n) is 4.05. The van der Waals surface area contributed by atoms with Crippen LogP contribution in [-0.2, 0) is 11.2 Å². The lowest BCUT2D eigenvalue weighted by Crippen LogP contribution is -2.28. The van der Waals surface area contributed by atoms with E-state index in [0.29, 0.717) is 22.7 Å². The fraction of sp³-hybridized carbons (Fsp3) is 0.192. The van der Waals surface area contributed by atoms with E-state index >= 15 is 0 Å². The molecule has 0 saturated carbocycles. The Morgan fingerprint density at radius 3 is 2.55 bits per heavy atom. The van der Waals surface area contributed by atoms with Crippen molar-refractivity contribution in [3.05, 3.63) is 108 Å². The summed E-state index contributed by atoms with van der Waals surface area (Å²) in [5.74, 6) is 1.17. The largest absolute Gasteiger partial charge is 0.424 e. The zero-order chi connectivity index (χ0) is 23.5. The average Bonchev–Trinajstić information content (AvgIpc) is 3.32. The number of nitriles is 1. The van der Waals surface area contributed by atoms with Crippen LogP contribution >= 0.6 is 0 Å². The first-order valence-electron chi connectivity index (χ1n) is 10.7. The molecule has 0 spiro atoms. The van der Waals surface area contributed by atoms with Crippen LogP contribution < -0.4 is 5.73 Å². The summed E-state index contributed by atoms with van der Waals surface area (Å²) in [6.07, 6.45) is 6.29. The molecule has 2 N–H and O–H groups in total. The lowest BCUT2D eigenvalue weighted by Gasteiger charge is -2.32. The van der Waals surface area contributed by atoms with Gasteiger partial charge in [0.15, 0.2) is 0 Å². The number of hydrogen-bond donors (Lipinski definition) is 1. The lowest BCUT2D eigenvalue weighted by atomic mass is 9.80. The average molecular weight is 439 g/mol. The maximum absolute atomic E-state index is 10.00. The number of benzene rings is 1. The second-order valence-electron chi connectivity index (χ2n) is 7.89. The number of allylic oxidation sites excluding steroid dienone is 3. The molecule has 4 rings (SSSR count). The number of ether oxygens (including phenoxy) is 1. The molecule has 3 heterocycles. The van der Waals surface area contributed by atoms with Crippen LogP contribution in [-0.4, -0.2) is 33.5 Å². The Balaban J connectivity index is 1.85. The third-order valence-electron chi connectivity index (χ3n) is 5.64. The normalized spacial score (nSPS) is 15.8. The Hall–Kier alpha value is -4.31. The van der Waals surface area contributed by atoms with Crippen molar-refractivity contribution >= 4 is 5.57 Å². The summed E-state index contributed by atoms with van der Waals surface area (Å²) in [5.41, 5.74) is 10.6. The molecular formula is C26H26N6O. The Bertz CT molecular complexity index is 1280. The van der Waals surface area contributed by atoms with Crippen LogP contribution in [0.2, 0.25) is 0 Å². The minimum atomic E-state index is -0.446. The molecule has 1 unspecified atom stereocenters. The molecule has 2 aromatic heterocycles. The predicted molar refractivity (Wildman–Crippen MR) is 128 cm³/mol. The molecule has 1 aliphatic rings. The zero-order valence-corrected chi connectivity index (χ0v) is 19.0. The van der Waals surface area contributed by atoms with Crippen LogP contribution in [0, 0.1) is 11.3 Å². The molecule has 1 atom stereocenters. The van der Waals surface area contributed by atoms with Gasteiger partial charge in [-0.3, -0.25) is 4.98 Å². The third kappa shape index (κ3) is 3.99. The van der Waals surface area contributed by atoms with E-state index < -0.39 is 5.92 Å². The van der Waals surface area contributed by atoms with Crippen molar-refractivity contribution in [2.24, 2.45) is 5.73 Å². The van der Waals surface area contributed by atoms with Gasteiger partial charge in [-0.25, -0.2) is 4.98 Å². The number of aromatic nitrogens is 3. The molecule has 0 radical (unpaired) electrons. The van der Waals surface area contributed by atoms with E-state index in [1.54, 1.807) is 12.4 Å². The van der Waals surface area contributed by atoms with Gasteiger partial charge in [0.05, 0.1) is 11.6 Å². The van der Waals surface area contributed by atoms with E-state index in [2.05, 4.69) is 34.1 Å². The van der Waals surface area contributed by atoms with Gasteiger partial charge >= 0.3 is 0 Å². The Morgan fingerprint density at radius 1 is 1.18 bits per heavy atom. The van der Waals surface area contributed by atoms with Crippen molar-refractivity contribution in [1.82, 2.24) is 19.4 Å². The number of nitrogens with two attached hydrogens (primary N) is 1. The van der Waals surface area contributed by atoms with E-state index in [-0.39, 0.29) is 5.88 Å². The Labute approximate surface area is 193 Å². The van der Waals surface area contributed by atoms with Gasteiger partial charge in [0.25, 0.3) is 0 Å². The second-order valence-corrected chi connectivity index (χ2v) is 7.89. The summed E-state index contributed by atoms with van der Waals surface area (Å²) in [6, 6.07) is 16.0. The van der Waals surface area contributed by atoms with Crippen molar-refractivity contribution in [1.29, 1.82) is 5.26 Å². The molecule has 7 nitrogen and oxygen atoms in total. The van der Waals surface area contributed by atoms with E-state index in [1.807, 2.05) is 67.7 Å². The van der Waals surface area contributed by atoms with Crippen molar-refractivity contribution in [3.63, 3.8) is 0 Å². The SMILES string of the molecule is C=C(C1=C(N(C)C)OC(N)=C(C#N)C1c1ccc(-n2ccnc2CC)cc1)c1ccccn1. The van der Waals surface area contributed by atoms with Gasteiger partial charge in [0.2, 0.25) is 11.8 Å². The molecule has 3 aromatic rings. The predicted octanol–water partition coefficient (Wildman–Crippen LogP) is 4.12. The smallest absolute Gasteiger partial charge is 0.207 e. The minimum Gasteiger partial charge on any atom is -0.424 e. The van der Waals surface area contributed by atoms with Gasteiger partial charge in [-0.2, -0.15) is 5.26 Å². The highest BCUT2D eigenvalue weighted by Gasteiger charge is 2.35. The summed E-state index contributed by atoms with van der Waals surface area (Å²) in [4.78, 5) is 10.7. The van der Waals surface area contributed by atoms with Crippen molar-refractivity contribution < 1.29 is 4.74 Å². The number of imidazole rings is 1. The van der Waals surface area contributed by atoms with Crippen LogP contribution in [0.25, 0.3) is 11.3 Å². The van der Waals surface area contributed by atoms with Crippen molar-refractivity contribution in [2.75, 3.05) is 14.1 Å². The topological polar surface area (TPSA) is 93.0 Å². The molecule has 166 valence electrons. The van der Waals surface area contributed by atoms with Crippen molar-refractivity contribution in [3.8, 4) is 11.8 Å². The van der Waals surface area contributed by atoms with E-state index in [0.717, 1.165) is 29.1 Å². The number of aryl methyl sites for hydroxylation is 1. The van der Waals surface area contributed by atoms with Crippen LogP contribution in [0.1, 0.15) is 29.9 Å². The fourth-order valence-corrected chi connectivity index (χ4v) is 4.05. The van der Waals surface area contributed by atoms with E-state index in [1.165, 1.54) is 0 Å². The molecule has 33 heavy (non-hydrogen) atoms. The monoisotopic (exact) mass is 438 g/mol. The second kappa shape index (κ2) is 9.05. The van der Waals surface area contributed by atoms with Crippen LogP contribution in [0.3, 0.4) is 0 Å². The van der Waals surface area contributed by atoms with Crippen LogP contribution in [0.5, 0.6) is 0 Å². The Kier molecular flexibility index (Phi) is 6.01. The van der Waals surface area contributed by atoms with Gasteiger partial charge in [0.1, 0.15) is 17.5 Å². The van der Waals surface area contributed by atoms with Gasteiger partial charge in [0, 0.05) is 55.9 Å². The highest BCUT2D eigenvalue weighted by atomic mass is 16.5. The van der Waals surface area contributed by atoms with Gasteiger partial charge in [-0.05, 0) is 29.8 Å². The van der Waals surface area contributed by atoms with Crippen LogP contribution in [0.15, 0.2) is 90.5 Å². The summed E-state index contributed by atoms with van der Waals surface area (Å²) < 4.78 is 7.96. The molecule has 1 aromatic carbocycles. The number of rotatable bonds is 6. The minimum absolute atomic E-state index is 0.0933. The molecule has 0 bridgehead atoms. The molecule has 0 saturated heterocycles. The maximum atomic E-state index is 10.00. The number of nitrogens with zero attached hydrogens (tertiary/aromatic N) is 5. The molecule has 1 aliphatic heterocycles. The summed E-state index contributed by atoms with van der Waals surface area (Å²) in [7, 11) is 3.74. The summed E-state index contributed by atoms with van der Waals surface area (Å²) in [6.45, 7) is 6.39. The molecule has 0 amide bonds. The standard InChI is InChI=1S/C26H26N6O/c1-5-22-30-14-15-32(22)19-11-9-18(10-12-19)24-20(16-27)25(28)33-26(31(3)4)23(24)17(2)21-8-6-7-13-29-21/h6-15,24H,2,5,28H2,1,3-4H3. The Morgan fingerprint density at radius 2 is 1.94 bits per heavy atom. The molecular weight excluding hydrogens is 412 g/mol. The van der Waals surface area contributed by atoms with Crippen LogP contribution in [0.4, 0.5) is 0 Å². The first kappa shape index (κ1) is 21.9. The van der Waals surface area contributed by atoms with Gasteiger partial charge < -0.3 is 19.9 Å². The lowest BCUT2D eigenvalue weighted by molar-refractivity contribution is 0.187. The van der Waals surface area contributed by atoms with Crippen molar-refractivity contribution in [2.45, 2.75) is 19.3 Å². The molecule has 0 fully saturated rings. The highest BCUT2D eigenvalue weighted by Crippen LogP contribution is 2.44. The third-order valence-corrected chi connectivity index (χ3v) is 5.64. The highest BCUT2D eigenvalue weighted by molar-refractivity contribution is 5.80. The van der Waals surface area contributed by atoms with E-state index in [9.17, 15) is 5.26 Å². The maximum Gasteiger partial charge on any atom is 0.207 e. The summed E-state index contributed by atoms with van der Waals surface area (Å²) >= 11 is 0. The molecule has 0 aliphatic carbocycles.